The van der Waals surface area contributed by atoms with Crippen LogP contribution in [0, 0.1) is 5.41 Å². The van der Waals surface area contributed by atoms with Gasteiger partial charge >= 0.3 is 11.9 Å². The maximum Gasteiger partial charge on any atom is 0.333 e. The van der Waals surface area contributed by atoms with Crippen molar-refractivity contribution in [2.75, 3.05) is 26.4 Å². The first kappa shape index (κ1) is 36.4. The van der Waals surface area contributed by atoms with E-state index < -0.39 is 29.0 Å². The van der Waals surface area contributed by atoms with Crippen LogP contribution in [0.2, 0.25) is 0 Å². The molecule has 0 amide bonds. The van der Waals surface area contributed by atoms with Crippen molar-refractivity contribution in [3.63, 3.8) is 0 Å². The molecule has 0 saturated heterocycles. The Morgan fingerprint density at radius 2 is 1.21 bits per heavy atom. The quantitative estimate of drug-likeness (QED) is 0.0948. The fourth-order valence-electron chi connectivity index (χ4n) is 6.60. The molecule has 5 aromatic rings. The summed E-state index contributed by atoms with van der Waals surface area (Å²) >= 11 is 0. The SMILES string of the molecule is C=C(C)C(=O)OCC(O)COc1ccc(C2(c3ccc(OCC(O)COC(=O)C(C)(C)C)cc3)c3ccccc3-c3c2ccc2ccccc32)cc1. The van der Waals surface area contributed by atoms with Gasteiger partial charge in [0.05, 0.1) is 10.8 Å². The van der Waals surface area contributed by atoms with Crippen LogP contribution in [0.15, 0.2) is 121 Å². The standard InChI is InChI=1S/C44H44O8/c1-28(2)41(47)51-26-32(45)24-49-34-19-15-30(16-20-34)44(31-17-21-35(22-18-31)50-25-33(46)27-52-42(48)43(3,4)5)38-13-9-8-12-37(38)40-36-11-7-6-10-29(36)14-23-39(40)44/h6-23,32-33,45-46H,1,24-27H2,2-5H3. The molecule has 0 saturated carbocycles. The molecule has 0 spiro atoms. The largest absolute Gasteiger partial charge is 0.491 e. The maximum atomic E-state index is 12.1. The molecule has 5 aromatic carbocycles. The molecule has 3 atom stereocenters. The predicted molar refractivity (Wildman–Crippen MR) is 200 cm³/mol. The topological polar surface area (TPSA) is 112 Å². The minimum Gasteiger partial charge on any atom is -0.491 e. The number of carbonyl (C=O) groups excluding carboxylic acids is 2. The molecule has 0 fully saturated rings. The molecule has 52 heavy (non-hydrogen) atoms. The molecule has 268 valence electrons. The van der Waals surface area contributed by atoms with Crippen LogP contribution in [0.5, 0.6) is 11.5 Å². The molecule has 0 radical (unpaired) electrons. The number of ether oxygens (including phenoxy) is 4. The summed E-state index contributed by atoms with van der Waals surface area (Å²) in [5.74, 6) is 0.186. The first-order valence-corrected chi connectivity index (χ1v) is 17.3. The second-order valence-electron chi connectivity index (χ2n) is 14.2. The van der Waals surface area contributed by atoms with Gasteiger partial charge < -0.3 is 29.2 Å². The number of carbonyl (C=O) groups is 2. The Balaban J connectivity index is 1.33. The number of rotatable bonds is 13. The monoisotopic (exact) mass is 700 g/mol. The molecule has 8 heteroatoms. The van der Waals surface area contributed by atoms with Crippen LogP contribution in [0.25, 0.3) is 21.9 Å². The lowest BCUT2D eigenvalue weighted by Crippen LogP contribution is -2.30. The minimum absolute atomic E-state index is 0.0357. The third-order valence-corrected chi connectivity index (χ3v) is 9.17. The van der Waals surface area contributed by atoms with Gasteiger partial charge in [-0.1, -0.05) is 91.5 Å². The lowest BCUT2D eigenvalue weighted by atomic mass is 9.67. The summed E-state index contributed by atoms with van der Waals surface area (Å²) in [6.07, 6.45) is -1.98. The number of hydrogen-bond donors (Lipinski definition) is 2. The average Bonchev–Trinajstić information content (AvgIpc) is 3.45. The van der Waals surface area contributed by atoms with Crippen LogP contribution in [0.3, 0.4) is 0 Å². The van der Waals surface area contributed by atoms with Gasteiger partial charge in [0.25, 0.3) is 0 Å². The molecular formula is C44H44O8. The van der Waals surface area contributed by atoms with Crippen LogP contribution < -0.4 is 9.47 Å². The van der Waals surface area contributed by atoms with Gasteiger partial charge in [0.15, 0.2) is 0 Å². The van der Waals surface area contributed by atoms with Gasteiger partial charge in [-0.15, -0.1) is 0 Å². The van der Waals surface area contributed by atoms with E-state index in [0.717, 1.165) is 38.6 Å². The normalized spacial score (nSPS) is 16.0. The Hall–Kier alpha value is -5.44. The summed E-state index contributed by atoms with van der Waals surface area (Å²) in [6.45, 7) is 9.96. The Kier molecular flexibility index (Phi) is 10.5. The van der Waals surface area contributed by atoms with Crippen LogP contribution in [-0.4, -0.2) is 60.8 Å². The van der Waals surface area contributed by atoms with Crippen molar-refractivity contribution in [3.05, 3.63) is 144 Å². The molecule has 1 aliphatic rings. The highest BCUT2D eigenvalue weighted by molar-refractivity contribution is 6.04. The van der Waals surface area contributed by atoms with E-state index in [2.05, 4.69) is 73.3 Å². The van der Waals surface area contributed by atoms with Gasteiger partial charge in [0.1, 0.15) is 50.1 Å². The summed E-state index contributed by atoms with van der Waals surface area (Å²) in [6, 6.07) is 37.0. The van der Waals surface area contributed by atoms with Crippen molar-refractivity contribution in [1.29, 1.82) is 0 Å². The van der Waals surface area contributed by atoms with Crippen molar-refractivity contribution in [1.82, 2.24) is 0 Å². The zero-order valence-corrected chi connectivity index (χ0v) is 29.9. The minimum atomic E-state index is -1.00. The molecule has 0 aliphatic heterocycles. The van der Waals surface area contributed by atoms with E-state index in [0.29, 0.717) is 11.5 Å². The molecule has 6 rings (SSSR count). The number of aliphatic hydroxyl groups is 2. The van der Waals surface area contributed by atoms with Crippen molar-refractivity contribution in [3.8, 4) is 22.6 Å². The first-order chi connectivity index (χ1) is 24.9. The zero-order valence-electron chi connectivity index (χ0n) is 29.9. The van der Waals surface area contributed by atoms with Gasteiger partial charge in [-0.05, 0) is 96.1 Å². The number of esters is 2. The van der Waals surface area contributed by atoms with E-state index in [4.69, 9.17) is 18.9 Å². The smallest absolute Gasteiger partial charge is 0.333 e. The Morgan fingerprint density at radius 1 is 0.673 bits per heavy atom. The second-order valence-corrected chi connectivity index (χ2v) is 14.2. The van der Waals surface area contributed by atoms with Crippen LogP contribution in [-0.2, 0) is 24.5 Å². The highest BCUT2D eigenvalue weighted by Gasteiger charge is 2.46. The van der Waals surface area contributed by atoms with E-state index in [9.17, 15) is 19.8 Å². The number of aliphatic hydroxyl groups excluding tert-OH is 2. The highest BCUT2D eigenvalue weighted by Crippen LogP contribution is 2.57. The first-order valence-electron chi connectivity index (χ1n) is 17.3. The van der Waals surface area contributed by atoms with E-state index in [1.807, 2.05) is 42.5 Å². The Labute approximate surface area is 304 Å². The molecule has 8 nitrogen and oxygen atoms in total. The Morgan fingerprint density at radius 3 is 1.79 bits per heavy atom. The van der Waals surface area contributed by atoms with Gasteiger partial charge in [0, 0.05) is 5.57 Å². The fourth-order valence-corrected chi connectivity index (χ4v) is 6.60. The third kappa shape index (κ3) is 7.31. The number of benzene rings is 5. The summed E-state index contributed by atoms with van der Waals surface area (Å²) in [7, 11) is 0. The number of hydrogen-bond acceptors (Lipinski definition) is 8. The predicted octanol–water partition coefficient (Wildman–Crippen LogP) is 7.39. The molecule has 3 unspecified atom stereocenters. The van der Waals surface area contributed by atoms with Crippen LogP contribution >= 0.6 is 0 Å². The van der Waals surface area contributed by atoms with Gasteiger partial charge in [0.2, 0.25) is 0 Å². The van der Waals surface area contributed by atoms with Gasteiger partial charge in [-0.3, -0.25) is 4.79 Å². The molecule has 0 aromatic heterocycles. The van der Waals surface area contributed by atoms with Crippen LogP contribution in [0.1, 0.15) is 49.9 Å². The second kappa shape index (κ2) is 15.0. The summed E-state index contributed by atoms with van der Waals surface area (Å²) in [4.78, 5) is 23.9. The summed E-state index contributed by atoms with van der Waals surface area (Å²) in [5.41, 5.74) is 5.53. The van der Waals surface area contributed by atoms with E-state index in [1.54, 1.807) is 27.7 Å². The molecule has 1 aliphatic carbocycles. The van der Waals surface area contributed by atoms with Gasteiger partial charge in [-0.2, -0.15) is 0 Å². The van der Waals surface area contributed by atoms with Crippen molar-refractivity contribution in [2.45, 2.75) is 45.3 Å². The van der Waals surface area contributed by atoms with Crippen molar-refractivity contribution >= 4 is 22.7 Å². The molecule has 2 N–H and O–H groups in total. The van der Waals surface area contributed by atoms with Crippen molar-refractivity contribution in [2.24, 2.45) is 5.41 Å². The molecule has 0 bridgehead atoms. The van der Waals surface area contributed by atoms with Crippen LogP contribution in [0.4, 0.5) is 0 Å². The lowest BCUT2D eigenvalue weighted by Gasteiger charge is -2.34. The van der Waals surface area contributed by atoms with Gasteiger partial charge in [-0.25, -0.2) is 4.79 Å². The maximum absolute atomic E-state index is 12.1. The highest BCUT2D eigenvalue weighted by atomic mass is 16.6. The zero-order chi connectivity index (χ0) is 37.0. The van der Waals surface area contributed by atoms with E-state index in [-0.39, 0.29) is 38.0 Å². The number of fused-ring (bicyclic) bond motifs is 5. The summed E-state index contributed by atoms with van der Waals surface area (Å²) < 4.78 is 22.1. The fraction of sp³-hybridized carbons (Fsp3) is 0.273. The Bertz CT molecular complexity index is 2080. The summed E-state index contributed by atoms with van der Waals surface area (Å²) in [5, 5.41) is 23.1. The van der Waals surface area contributed by atoms with E-state index in [1.165, 1.54) is 5.56 Å². The third-order valence-electron chi connectivity index (χ3n) is 9.17. The molecule has 0 heterocycles. The molecular weight excluding hydrogens is 656 g/mol. The van der Waals surface area contributed by atoms with Crippen molar-refractivity contribution < 1.29 is 38.7 Å². The average molecular weight is 701 g/mol. The lowest BCUT2D eigenvalue weighted by molar-refractivity contribution is -0.156. The van der Waals surface area contributed by atoms with E-state index >= 15 is 0 Å².